The van der Waals surface area contributed by atoms with Crippen LogP contribution in [0.2, 0.25) is 0 Å². The lowest BCUT2D eigenvalue weighted by Gasteiger charge is -2.26. The zero-order valence-corrected chi connectivity index (χ0v) is 26.8. The molecular weight excluding hydrogens is 582 g/mol. The van der Waals surface area contributed by atoms with Crippen LogP contribution in [0, 0.1) is 0 Å². The van der Waals surface area contributed by atoms with Gasteiger partial charge in [-0.2, -0.15) is 0 Å². The SMILES string of the molecule is CN(Oc1ccc(Cc2ccc(OCC3CO3)cc2)cc1)C(O)COc1ccc(Cc2ccc(OC(C)(C)CC3CO3)cc2)cc1. The van der Waals surface area contributed by atoms with E-state index in [0.29, 0.717) is 24.2 Å². The third-order valence-electron chi connectivity index (χ3n) is 7.93. The number of hydrogen-bond donors (Lipinski definition) is 1. The number of hydrogen-bond acceptors (Lipinski definition) is 8. The highest BCUT2D eigenvalue weighted by atomic mass is 16.7. The van der Waals surface area contributed by atoms with E-state index in [2.05, 4.69) is 38.1 Å². The van der Waals surface area contributed by atoms with Gasteiger partial charge in [0.05, 0.1) is 19.3 Å². The van der Waals surface area contributed by atoms with Crippen molar-refractivity contribution in [3.8, 4) is 23.0 Å². The Bertz CT molecular complexity index is 1510. The highest BCUT2D eigenvalue weighted by molar-refractivity contribution is 5.35. The Hall–Kier alpha value is -4.08. The average Bonchev–Trinajstić information content (AvgIpc) is 3.99. The molecule has 2 saturated heterocycles. The molecule has 8 nitrogen and oxygen atoms in total. The van der Waals surface area contributed by atoms with E-state index >= 15 is 0 Å². The Morgan fingerprint density at radius 2 is 1.11 bits per heavy atom. The molecule has 8 heteroatoms. The van der Waals surface area contributed by atoms with Crippen molar-refractivity contribution in [1.29, 1.82) is 0 Å². The summed E-state index contributed by atoms with van der Waals surface area (Å²) in [6.45, 7) is 6.49. The van der Waals surface area contributed by atoms with Crippen LogP contribution in [-0.4, -0.2) is 67.7 Å². The van der Waals surface area contributed by atoms with Gasteiger partial charge in [0.25, 0.3) is 0 Å². The van der Waals surface area contributed by atoms with Crippen LogP contribution < -0.4 is 19.0 Å². The standard InChI is InChI=1S/C38H43NO7/c1-38(2,22-35-23-42-35)45-33-16-8-29(9-17-33)20-28-6-14-32(15-7-28)44-26-37(40)39(3)46-34-18-10-30(11-19-34)21-27-4-12-31(13-5-27)41-24-36-25-43-36/h4-19,35-37,40H,20-26H2,1-3H3. The molecule has 0 aromatic heterocycles. The van der Waals surface area contributed by atoms with Crippen molar-refractivity contribution >= 4 is 0 Å². The summed E-state index contributed by atoms with van der Waals surface area (Å²) in [5.41, 5.74) is 4.47. The molecule has 4 aromatic carbocycles. The van der Waals surface area contributed by atoms with Gasteiger partial charge in [-0.1, -0.05) is 48.5 Å². The molecule has 0 saturated carbocycles. The van der Waals surface area contributed by atoms with Gasteiger partial charge in [0.2, 0.25) is 0 Å². The maximum absolute atomic E-state index is 10.6. The van der Waals surface area contributed by atoms with Crippen LogP contribution in [0.25, 0.3) is 0 Å². The molecular formula is C38H43NO7. The van der Waals surface area contributed by atoms with Crippen LogP contribution in [0.3, 0.4) is 0 Å². The van der Waals surface area contributed by atoms with Gasteiger partial charge in [0.1, 0.15) is 47.9 Å². The Labute approximate surface area is 271 Å². The number of rotatable bonds is 17. The summed E-state index contributed by atoms with van der Waals surface area (Å²) < 4.78 is 28.3. The summed E-state index contributed by atoms with van der Waals surface area (Å²) in [5, 5.41) is 12.0. The number of aliphatic hydroxyl groups excluding tert-OH is 1. The first-order valence-electron chi connectivity index (χ1n) is 15.9. The predicted molar refractivity (Wildman–Crippen MR) is 176 cm³/mol. The first kappa shape index (κ1) is 31.9. The maximum Gasteiger partial charge on any atom is 0.174 e. The predicted octanol–water partition coefficient (Wildman–Crippen LogP) is 6.22. The van der Waals surface area contributed by atoms with Crippen molar-refractivity contribution in [2.24, 2.45) is 0 Å². The molecule has 0 radical (unpaired) electrons. The molecule has 0 aliphatic carbocycles. The second-order valence-electron chi connectivity index (χ2n) is 12.6. The Morgan fingerprint density at radius 1 is 0.674 bits per heavy atom. The van der Waals surface area contributed by atoms with Crippen molar-refractivity contribution in [3.63, 3.8) is 0 Å². The fraction of sp³-hybridized carbons (Fsp3) is 0.368. The van der Waals surface area contributed by atoms with Crippen LogP contribution in [0.4, 0.5) is 0 Å². The lowest BCUT2D eigenvalue weighted by Crippen LogP contribution is -2.38. The molecule has 1 N–H and O–H groups in total. The highest BCUT2D eigenvalue weighted by Crippen LogP contribution is 2.28. The molecule has 3 unspecified atom stereocenters. The molecule has 2 heterocycles. The van der Waals surface area contributed by atoms with E-state index in [1.165, 1.54) is 21.8 Å². The molecule has 6 rings (SSSR count). The number of aliphatic hydroxyl groups is 1. The molecule has 0 spiro atoms. The van der Waals surface area contributed by atoms with Crippen LogP contribution in [-0.2, 0) is 22.3 Å². The van der Waals surface area contributed by atoms with Gasteiger partial charge in [0, 0.05) is 13.5 Å². The number of nitrogens with zero attached hydrogens (tertiary/aromatic N) is 1. The lowest BCUT2D eigenvalue weighted by atomic mass is 10.0. The van der Waals surface area contributed by atoms with E-state index in [4.69, 9.17) is 28.5 Å². The first-order chi connectivity index (χ1) is 22.3. The number of ether oxygens (including phenoxy) is 5. The van der Waals surface area contributed by atoms with Crippen LogP contribution >= 0.6 is 0 Å². The topological polar surface area (TPSA) is 85.5 Å². The zero-order chi connectivity index (χ0) is 31.9. The van der Waals surface area contributed by atoms with Crippen LogP contribution in [0.5, 0.6) is 23.0 Å². The van der Waals surface area contributed by atoms with Crippen molar-refractivity contribution in [2.75, 3.05) is 33.5 Å². The summed E-state index contributed by atoms with van der Waals surface area (Å²) >= 11 is 0. The van der Waals surface area contributed by atoms with Gasteiger partial charge in [-0.05, 0) is 97.5 Å². The summed E-state index contributed by atoms with van der Waals surface area (Å²) in [6, 6.07) is 32.2. The Kier molecular flexibility index (Phi) is 10.1. The minimum Gasteiger partial charge on any atom is -0.491 e. The fourth-order valence-electron chi connectivity index (χ4n) is 5.17. The van der Waals surface area contributed by atoms with E-state index < -0.39 is 6.23 Å². The second-order valence-corrected chi connectivity index (χ2v) is 12.6. The molecule has 0 amide bonds. The van der Waals surface area contributed by atoms with Crippen molar-refractivity contribution < 1.29 is 33.6 Å². The third kappa shape index (κ3) is 9.96. The molecule has 2 aliphatic rings. The van der Waals surface area contributed by atoms with Gasteiger partial charge in [-0.15, -0.1) is 5.06 Å². The van der Waals surface area contributed by atoms with E-state index in [-0.39, 0.29) is 18.3 Å². The van der Waals surface area contributed by atoms with E-state index in [9.17, 15) is 5.11 Å². The van der Waals surface area contributed by atoms with Gasteiger partial charge in [-0.3, -0.25) is 0 Å². The summed E-state index contributed by atoms with van der Waals surface area (Å²) in [4.78, 5) is 5.84. The molecule has 2 fully saturated rings. The van der Waals surface area contributed by atoms with Crippen molar-refractivity contribution in [3.05, 3.63) is 119 Å². The molecule has 3 atom stereocenters. The number of hydroxylamine groups is 2. The first-order valence-corrected chi connectivity index (χ1v) is 15.9. The van der Waals surface area contributed by atoms with Gasteiger partial charge < -0.3 is 33.6 Å². The molecule has 242 valence electrons. The maximum atomic E-state index is 10.6. The molecule has 2 aliphatic heterocycles. The van der Waals surface area contributed by atoms with E-state index in [0.717, 1.165) is 49.5 Å². The lowest BCUT2D eigenvalue weighted by molar-refractivity contribution is -0.163. The smallest absolute Gasteiger partial charge is 0.174 e. The van der Waals surface area contributed by atoms with Gasteiger partial charge >= 0.3 is 0 Å². The highest BCUT2D eigenvalue weighted by Gasteiger charge is 2.32. The third-order valence-corrected chi connectivity index (χ3v) is 7.93. The fourth-order valence-corrected chi connectivity index (χ4v) is 5.17. The Balaban J connectivity index is 0.908. The largest absolute Gasteiger partial charge is 0.491 e. The summed E-state index contributed by atoms with van der Waals surface area (Å²) in [7, 11) is 1.68. The average molecular weight is 626 g/mol. The second kappa shape index (κ2) is 14.6. The number of benzene rings is 4. The molecule has 4 aromatic rings. The minimum atomic E-state index is -0.950. The van der Waals surface area contributed by atoms with Crippen LogP contribution in [0.15, 0.2) is 97.1 Å². The zero-order valence-electron chi connectivity index (χ0n) is 26.8. The van der Waals surface area contributed by atoms with Gasteiger partial charge in [-0.25, -0.2) is 0 Å². The van der Waals surface area contributed by atoms with Crippen molar-refractivity contribution in [2.45, 2.75) is 57.1 Å². The van der Waals surface area contributed by atoms with Gasteiger partial charge in [0.15, 0.2) is 6.23 Å². The monoisotopic (exact) mass is 625 g/mol. The van der Waals surface area contributed by atoms with Crippen molar-refractivity contribution in [1.82, 2.24) is 5.06 Å². The summed E-state index contributed by atoms with van der Waals surface area (Å²) in [6.07, 6.45) is 2.12. The normalized spacial score (nSPS) is 17.8. The minimum absolute atomic E-state index is 0.0615. The number of epoxide rings is 2. The molecule has 0 bridgehead atoms. The van der Waals surface area contributed by atoms with Crippen LogP contribution in [0.1, 0.15) is 42.5 Å². The Morgan fingerprint density at radius 3 is 1.59 bits per heavy atom. The van der Waals surface area contributed by atoms with E-state index in [1.54, 1.807) is 7.05 Å². The van der Waals surface area contributed by atoms with E-state index in [1.807, 2.05) is 72.8 Å². The molecule has 46 heavy (non-hydrogen) atoms. The number of likely N-dealkylation sites (N-methyl/N-ethyl adjacent to an activating group) is 1. The summed E-state index contributed by atoms with van der Waals surface area (Å²) in [5.74, 6) is 3.04. The quantitative estimate of drug-likeness (QED) is 0.0842.